The zero-order valence-corrected chi connectivity index (χ0v) is 9.56. The van der Waals surface area contributed by atoms with Crippen molar-refractivity contribution in [2.75, 3.05) is 5.73 Å². The Bertz CT molecular complexity index is 623. The first-order valence-electron chi connectivity index (χ1n) is 5.56. The van der Waals surface area contributed by atoms with Crippen molar-refractivity contribution in [3.05, 3.63) is 24.8 Å². The Kier molecular flexibility index (Phi) is 2.32. The van der Waals surface area contributed by atoms with E-state index >= 15 is 0 Å². The smallest absolute Gasteiger partial charge is 0.165 e. The van der Waals surface area contributed by atoms with E-state index in [1.165, 1.54) is 6.33 Å². The molecule has 1 aliphatic carbocycles. The summed E-state index contributed by atoms with van der Waals surface area (Å²) in [5, 5.41) is 19.7. The van der Waals surface area contributed by atoms with Crippen LogP contribution in [0.5, 0.6) is 0 Å². The van der Waals surface area contributed by atoms with Gasteiger partial charge in [-0.15, -0.1) is 0 Å². The summed E-state index contributed by atoms with van der Waals surface area (Å²) in [5.74, 6) is 0.297. The third kappa shape index (κ3) is 1.41. The first-order chi connectivity index (χ1) is 8.59. The Labute approximate surface area is 103 Å². The Balaban J connectivity index is 2.11. The van der Waals surface area contributed by atoms with Crippen LogP contribution in [0.4, 0.5) is 5.82 Å². The van der Waals surface area contributed by atoms with Gasteiger partial charge in [-0.1, -0.05) is 6.58 Å². The van der Waals surface area contributed by atoms with E-state index in [1.54, 1.807) is 10.9 Å². The number of anilines is 1. The zero-order valence-electron chi connectivity index (χ0n) is 9.56. The first kappa shape index (κ1) is 11.1. The molecule has 1 saturated carbocycles. The summed E-state index contributed by atoms with van der Waals surface area (Å²) in [5.41, 5.74) is 7.36. The molecule has 3 rings (SSSR count). The fourth-order valence-electron chi connectivity index (χ4n) is 2.34. The van der Waals surface area contributed by atoms with E-state index < -0.39 is 12.2 Å². The molecule has 0 unspecified atom stereocenters. The average molecular weight is 247 g/mol. The van der Waals surface area contributed by atoms with E-state index in [1.807, 2.05) is 0 Å². The van der Waals surface area contributed by atoms with Gasteiger partial charge in [0.15, 0.2) is 11.5 Å². The van der Waals surface area contributed by atoms with Gasteiger partial charge in [-0.25, -0.2) is 15.0 Å². The van der Waals surface area contributed by atoms with Gasteiger partial charge < -0.3 is 20.5 Å². The second-order valence-corrected chi connectivity index (χ2v) is 4.45. The minimum Gasteiger partial charge on any atom is -0.388 e. The number of nitrogens with two attached hydrogens (primary N) is 1. The first-order valence-corrected chi connectivity index (χ1v) is 5.56. The molecule has 0 bridgehead atoms. The molecule has 7 heteroatoms. The molecular formula is C11H13N5O2. The predicted molar refractivity (Wildman–Crippen MR) is 64.5 cm³/mol. The number of aliphatic hydroxyl groups is 2. The summed E-state index contributed by atoms with van der Waals surface area (Å²) in [6.45, 7) is 3.74. The second kappa shape index (κ2) is 3.76. The van der Waals surface area contributed by atoms with Crippen LogP contribution < -0.4 is 5.73 Å². The molecule has 0 aromatic carbocycles. The second-order valence-electron chi connectivity index (χ2n) is 4.45. The van der Waals surface area contributed by atoms with Gasteiger partial charge in [0, 0.05) is 0 Å². The quantitative estimate of drug-likeness (QED) is 0.593. The van der Waals surface area contributed by atoms with Crippen LogP contribution in [-0.2, 0) is 0 Å². The van der Waals surface area contributed by atoms with E-state index in [-0.39, 0.29) is 6.04 Å². The highest BCUT2D eigenvalue weighted by molar-refractivity contribution is 5.81. The summed E-state index contributed by atoms with van der Waals surface area (Å²) >= 11 is 0. The molecule has 94 valence electrons. The molecule has 1 aliphatic rings. The molecule has 7 nitrogen and oxygen atoms in total. The molecule has 1 fully saturated rings. The SMILES string of the molecule is C=C1C[C@@H](n2cnc3c(N)ncnc32)[C@H](O)[C@@H]1O. The summed E-state index contributed by atoms with van der Waals surface area (Å²) in [7, 11) is 0. The van der Waals surface area contributed by atoms with Crippen LogP contribution in [0.3, 0.4) is 0 Å². The molecule has 18 heavy (non-hydrogen) atoms. The summed E-state index contributed by atoms with van der Waals surface area (Å²) in [4.78, 5) is 12.1. The Hall–Kier alpha value is -1.99. The van der Waals surface area contributed by atoms with Crippen molar-refractivity contribution >= 4 is 17.0 Å². The number of imidazole rings is 1. The fourth-order valence-corrected chi connectivity index (χ4v) is 2.34. The van der Waals surface area contributed by atoms with Crippen LogP contribution in [0.15, 0.2) is 24.8 Å². The fraction of sp³-hybridized carbons (Fsp3) is 0.364. The Morgan fingerprint density at radius 3 is 2.78 bits per heavy atom. The molecule has 0 saturated heterocycles. The van der Waals surface area contributed by atoms with Crippen LogP contribution in [0.25, 0.3) is 11.2 Å². The van der Waals surface area contributed by atoms with Crippen molar-refractivity contribution in [2.24, 2.45) is 0 Å². The number of aliphatic hydroxyl groups excluding tert-OH is 2. The van der Waals surface area contributed by atoms with Gasteiger partial charge >= 0.3 is 0 Å². The average Bonchev–Trinajstić information content (AvgIpc) is 2.88. The van der Waals surface area contributed by atoms with Gasteiger partial charge in [0.05, 0.1) is 12.4 Å². The lowest BCUT2D eigenvalue weighted by atomic mass is 10.2. The van der Waals surface area contributed by atoms with Crippen molar-refractivity contribution in [1.29, 1.82) is 0 Å². The molecule has 0 spiro atoms. The van der Waals surface area contributed by atoms with Gasteiger partial charge in [0.25, 0.3) is 0 Å². The lowest BCUT2D eigenvalue weighted by molar-refractivity contribution is 0.0360. The summed E-state index contributed by atoms with van der Waals surface area (Å²) < 4.78 is 1.71. The molecule has 0 radical (unpaired) electrons. The van der Waals surface area contributed by atoms with Gasteiger partial charge in [-0.05, 0) is 12.0 Å². The Morgan fingerprint density at radius 1 is 1.33 bits per heavy atom. The zero-order chi connectivity index (χ0) is 12.9. The molecule has 4 N–H and O–H groups in total. The van der Waals surface area contributed by atoms with E-state index in [4.69, 9.17) is 5.73 Å². The number of nitrogens with zero attached hydrogens (tertiary/aromatic N) is 4. The summed E-state index contributed by atoms with van der Waals surface area (Å²) in [6.07, 6.45) is 1.56. The lowest BCUT2D eigenvalue weighted by Crippen LogP contribution is -2.27. The highest BCUT2D eigenvalue weighted by Gasteiger charge is 2.38. The molecule has 2 aromatic rings. The lowest BCUT2D eigenvalue weighted by Gasteiger charge is -2.17. The topological polar surface area (TPSA) is 110 Å². The van der Waals surface area contributed by atoms with Crippen LogP contribution >= 0.6 is 0 Å². The van der Waals surface area contributed by atoms with Crippen molar-refractivity contribution in [3.8, 4) is 0 Å². The van der Waals surface area contributed by atoms with Crippen molar-refractivity contribution in [2.45, 2.75) is 24.7 Å². The number of rotatable bonds is 1. The van der Waals surface area contributed by atoms with Crippen molar-refractivity contribution in [3.63, 3.8) is 0 Å². The van der Waals surface area contributed by atoms with Gasteiger partial charge in [-0.2, -0.15) is 0 Å². The predicted octanol–water partition coefficient (Wildman–Crippen LogP) is -0.369. The van der Waals surface area contributed by atoms with Crippen molar-refractivity contribution < 1.29 is 10.2 Å². The molecule has 2 heterocycles. The molecule has 0 amide bonds. The monoisotopic (exact) mass is 247 g/mol. The summed E-state index contributed by atoms with van der Waals surface area (Å²) in [6, 6.07) is -0.327. The number of aromatic nitrogens is 4. The number of fused-ring (bicyclic) bond motifs is 1. The van der Waals surface area contributed by atoms with Crippen LogP contribution in [0.2, 0.25) is 0 Å². The maximum atomic E-state index is 9.99. The molecule has 3 atom stereocenters. The van der Waals surface area contributed by atoms with Gasteiger partial charge in [0.1, 0.15) is 24.1 Å². The van der Waals surface area contributed by atoms with Crippen LogP contribution in [-0.4, -0.2) is 41.9 Å². The Morgan fingerprint density at radius 2 is 2.11 bits per heavy atom. The van der Waals surface area contributed by atoms with Crippen LogP contribution in [0, 0.1) is 0 Å². The van der Waals surface area contributed by atoms with Gasteiger partial charge in [0.2, 0.25) is 0 Å². The van der Waals surface area contributed by atoms with E-state index in [2.05, 4.69) is 21.5 Å². The van der Waals surface area contributed by atoms with Crippen molar-refractivity contribution in [1.82, 2.24) is 19.5 Å². The molecular weight excluding hydrogens is 234 g/mol. The largest absolute Gasteiger partial charge is 0.388 e. The van der Waals surface area contributed by atoms with Crippen LogP contribution in [0.1, 0.15) is 12.5 Å². The number of hydrogen-bond donors (Lipinski definition) is 3. The minimum absolute atomic E-state index is 0.297. The maximum absolute atomic E-state index is 9.99. The molecule has 2 aromatic heterocycles. The van der Waals surface area contributed by atoms with E-state index in [9.17, 15) is 10.2 Å². The highest BCUT2D eigenvalue weighted by Crippen LogP contribution is 2.35. The maximum Gasteiger partial charge on any atom is 0.165 e. The molecule has 0 aliphatic heterocycles. The normalized spacial score (nSPS) is 28.1. The number of nitrogen functional groups attached to an aromatic ring is 1. The third-order valence-corrected chi connectivity index (χ3v) is 3.35. The van der Waals surface area contributed by atoms with E-state index in [0.717, 1.165) is 0 Å². The highest BCUT2D eigenvalue weighted by atomic mass is 16.3. The number of hydrogen-bond acceptors (Lipinski definition) is 6. The minimum atomic E-state index is -0.911. The third-order valence-electron chi connectivity index (χ3n) is 3.35. The van der Waals surface area contributed by atoms with E-state index in [0.29, 0.717) is 29.0 Å². The standard InChI is InChI=1S/C11H13N5O2/c1-5-2-6(9(18)8(5)17)16-4-15-7-10(12)13-3-14-11(7)16/h3-4,6,8-9,17-18H,1-2H2,(H2,12,13,14)/t6-,8-,9+/m1/s1. The van der Waals surface area contributed by atoms with Gasteiger partial charge in [-0.3, -0.25) is 0 Å².